The normalized spacial score (nSPS) is 22.7. The van der Waals surface area contributed by atoms with Crippen molar-refractivity contribution < 1.29 is 25.2 Å². The van der Waals surface area contributed by atoms with Crippen LogP contribution in [0.5, 0.6) is 0 Å². The Bertz CT molecular complexity index is 130. The molecule has 1 unspecified atom stereocenters. The van der Waals surface area contributed by atoms with Gasteiger partial charge in [-0.05, 0) is 6.08 Å². The maximum absolute atomic E-state index is 10.4. The molecule has 1 heterocycles. The van der Waals surface area contributed by atoms with Crippen molar-refractivity contribution >= 4 is 5.78 Å². The lowest BCUT2D eigenvalue weighted by molar-refractivity contribution is -0.176. The summed E-state index contributed by atoms with van der Waals surface area (Å²) in [5.41, 5.74) is 0. The molecule has 1 atom stereocenters. The Morgan fingerprint density at radius 3 is 2.50 bits per heavy atom. The van der Waals surface area contributed by atoms with Crippen molar-refractivity contribution in [1.82, 2.24) is 0 Å². The molecule has 0 aromatic rings. The second-order valence-electron chi connectivity index (χ2n) is 1.53. The number of carbonyl (C=O) groups is 1. The fourth-order valence-corrected chi connectivity index (χ4v) is 0.471. The Morgan fingerprint density at radius 2 is 2.20 bits per heavy atom. The first-order valence-electron chi connectivity index (χ1n) is 2.52. The topological polar surface area (TPSA) is 87.0 Å². The molecule has 58 valence electrons. The van der Waals surface area contributed by atoms with E-state index in [9.17, 15) is 4.79 Å². The second-order valence-corrected chi connectivity index (χ2v) is 1.53. The van der Waals surface area contributed by atoms with E-state index in [4.69, 9.17) is 15.6 Å². The minimum Gasteiger partial charge on any atom is -0.466 e. The Labute approximate surface area is 57.1 Å². The highest BCUT2D eigenvalue weighted by atomic mass is 17.0. The minimum absolute atomic E-state index is 0.279. The number of carbonyl (C=O) groups excluding carboxylic acids is 1. The summed E-state index contributed by atoms with van der Waals surface area (Å²) in [4.78, 5) is 10.4. The van der Waals surface area contributed by atoms with E-state index in [2.05, 4.69) is 4.74 Å². The van der Waals surface area contributed by atoms with Gasteiger partial charge in [-0.3, -0.25) is 15.3 Å². The van der Waals surface area contributed by atoms with Gasteiger partial charge in [0.25, 0.3) is 6.29 Å². The van der Waals surface area contributed by atoms with E-state index in [1.54, 1.807) is 6.08 Å². The van der Waals surface area contributed by atoms with Gasteiger partial charge in [0.15, 0.2) is 0 Å². The summed E-state index contributed by atoms with van der Waals surface area (Å²) in [5.74, 6) is -0.285. The van der Waals surface area contributed by atoms with Gasteiger partial charge in [0.1, 0.15) is 0 Å². The van der Waals surface area contributed by atoms with Crippen LogP contribution in [0.4, 0.5) is 0 Å². The van der Waals surface area contributed by atoms with Crippen molar-refractivity contribution in [2.45, 2.75) is 12.7 Å². The predicted octanol–water partition coefficient (Wildman–Crippen LogP) is -0.175. The van der Waals surface area contributed by atoms with Gasteiger partial charge in [0, 0.05) is 6.42 Å². The summed E-state index contributed by atoms with van der Waals surface area (Å²) in [6.07, 6.45) is 1.95. The lowest BCUT2D eigenvalue weighted by atomic mass is 10.2. The largest absolute Gasteiger partial charge is 0.466 e. The fraction of sp³-hybridized carbons (Fsp3) is 0.400. The van der Waals surface area contributed by atoms with E-state index < -0.39 is 6.29 Å². The zero-order chi connectivity index (χ0) is 7.98. The molecule has 0 aromatic heterocycles. The van der Waals surface area contributed by atoms with Crippen molar-refractivity contribution in [3.63, 3.8) is 0 Å². The second kappa shape index (κ2) is 4.92. The molecular weight excluding hydrogens is 140 g/mol. The number of hydrogen-bond acceptors (Lipinski definition) is 5. The first kappa shape index (κ1) is 9.09. The Balaban J connectivity index is 0.000000371. The van der Waals surface area contributed by atoms with Crippen LogP contribution >= 0.6 is 0 Å². The summed E-state index contributed by atoms with van der Waals surface area (Å²) >= 11 is 0. The smallest absolute Gasteiger partial charge is 0.256 e. The molecule has 0 saturated carbocycles. The average Bonchev–Trinajstić information content (AvgIpc) is 2.00. The Kier molecular flexibility index (Phi) is 4.47. The van der Waals surface area contributed by atoms with Crippen LogP contribution in [-0.4, -0.2) is 27.7 Å². The number of ether oxygens (including phenoxy) is 1. The van der Waals surface area contributed by atoms with Gasteiger partial charge in [0.2, 0.25) is 5.78 Å². The van der Waals surface area contributed by atoms with E-state index in [1.807, 2.05) is 0 Å². The van der Waals surface area contributed by atoms with Gasteiger partial charge in [-0.1, -0.05) is 0 Å². The van der Waals surface area contributed by atoms with Crippen LogP contribution in [0.15, 0.2) is 12.3 Å². The van der Waals surface area contributed by atoms with Crippen LogP contribution in [0, 0.1) is 0 Å². The molecule has 0 amide bonds. The fourth-order valence-electron chi connectivity index (χ4n) is 0.471. The first-order chi connectivity index (χ1) is 4.80. The van der Waals surface area contributed by atoms with E-state index >= 15 is 0 Å². The molecule has 0 aromatic carbocycles. The molecule has 0 fully saturated rings. The van der Waals surface area contributed by atoms with Crippen molar-refractivity contribution in [3.8, 4) is 0 Å². The molecule has 1 rings (SSSR count). The number of aliphatic hydroxyl groups is 1. The van der Waals surface area contributed by atoms with Crippen LogP contribution in [0.1, 0.15) is 6.42 Å². The maximum atomic E-state index is 10.4. The lowest BCUT2D eigenvalue weighted by Crippen LogP contribution is -2.23. The van der Waals surface area contributed by atoms with Crippen LogP contribution in [0.3, 0.4) is 0 Å². The van der Waals surface area contributed by atoms with Crippen molar-refractivity contribution in [1.29, 1.82) is 0 Å². The molecule has 1 aliphatic heterocycles. The van der Waals surface area contributed by atoms with E-state index in [-0.39, 0.29) is 12.2 Å². The molecule has 0 radical (unpaired) electrons. The molecule has 3 N–H and O–H groups in total. The average molecular weight is 148 g/mol. The maximum Gasteiger partial charge on any atom is 0.256 e. The van der Waals surface area contributed by atoms with Crippen molar-refractivity contribution in [2.75, 3.05) is 0 Å². The first-order valence-corrected chi connectivity index (χ1v) is 2.52. The van der Waals surface area contributed by atoms with Gasteiger partial charge < -0.3 is 9.84 Å². The van der Waals surface area contributed by atoms with Crippen molar-refractivity contribution in [2.24, 2.45) is 0 Å². The molecular formula is C5H8O5. The summed E-state index contributed by atoms with van der Waals surface area (Å²) in [6, 6.07) is 0. The third-order valence-corrected chi connectivity index (χ3v) is 0.898. The van der Waals surface area contributed by atoms with Gasteiger partial charge in [-0.2, -0.15) is 0 Å². The van der Waals surface area contributed by atoms with Crippen LogP contribution in [0.2, 0.25) is 0 Å². The predicted molar refractivity (Wildman–Crippen MR) is 31.1 cm³/mol. The summed E-state index contributed by atoms with van der Waals surface area (Å²) in [7, 11) is 0. The molecule has 1 aliphatic rings. The number of ketones is 1. The minimum atomic E-state index is -1.22. The number of aliphatic hydroxyl groups excluding tert-OH is 1. The molecule has 0 aliphatic carbocycles. The van der Waals surface area contributed by atoms with Gasteiger partial charge in [-0.15, -0.1) is 0 Å². The molecule has 0 saturated heterocycles. The summed E-state index contributed by atoms with van der Waals surface area (Å²) < 4.78 is 4.42. The summed E-state index contributed by atoms with van der Waals surface area (Å²) in [6.45, 7) is 0. The zero-order valence-corrected chi connectivity index (χ0v) is 5.10. The third kappa shape index (κ3) is 2.58. The molecule has 5 nitrogen and oxygen atoms in total. The van der Waals surface area contributed by atoms with Crippen LogP contribution < -0.4 is 0 Å². The highest BCUT2D eigenvalue weighted by Crippen LogP contribution is 2.01. The highest BCUT2D eigenvalue weighted by molar-refractivity contribution is 5.83. The van der Waals surface area contributed by atoms with Crippen LogP contribution in [-0.2, 0) is 9.53 Å². The van der Waals surface area contributed by atoms with Crippen LogP contribution in [0.25, 0.3) is 0 Å². The number of rotatable bonds is 0. The van der Waals surface area contributed by atoms with Gasteiger partial charge in [-0.25, -0.2) is 0 Å². The Hall–Kier alpha value is -0.910. The highest BCUT2D eigenvalue weighted by Gasteiger charge is 2.15. The lowest BCUT2D eigenvalue weighted by Gasteiger charge is -2.10. The Morgan fingerprint density at radius 1 is 1.60 bits per heavy atom. The summed E-state index contributed by atoms with van der Waals surface area (Å²) in [5, 5.41) is 20.6. The monoisotopic (exact) mass is 148 g/mol. The zero-order valence-electron chi connectivity index (χ0n) is 5.10. The SMILES string of the molecule is O=C1CC=COC1O.OO. The van der Waals surface area contributed by atoms with Crippen molar-refractivity contribution in [3.05, 3.63) is 12.3 Å². The third-order valence-electron chi connectivity index (χ3n) is 0.898. The quantitative estimate of drug-likeness (QED) is 0.328. The standard InChI is InChI=1S/C5H6O3.H2O2/c6-4-2-1-3-8-5(4)7;1-2/h1,3,5,7H,2H2;1-2H. The molecule has 0 bridgehead atoms. The van der Waals surface area contributed by atoms with Gasteiger partial charge in [0.05, 0.1) is 6.26 Å². The number of Topliss-reactive ketones (excluding diaryl/α,β-unsaturated/α-hetero) is 1. The van der Waals surface area contributed by atoms with E-state index in [1.165, 1.54) is 6.26 Å². The molecule has 10 heavy (non-hydrogen) atoms. The number of hydrogen-bond donors (Lipinski definition) is 3. The molecule has 5 heteroatoms. The molecule has 0 spiro atoms. The van der Waals surface area contributed by atoms with E-state index in [0.29, 0.717) is 0 Å². The van der Waals surface area contributed by atoms with E-state index in [0.717, 1.165) is 0 Å². The van der Waals surface area contributed by atoms with Gasteiger partial charge >= 0.3 is 0 Å². The number of allylic oxidation sites excluding steroid dienone is 1.